The number of aliphatic imine (C=N–C) groups is 1. The number of carbonyl (C=O) groups is 3. The SMILES string of the molecule is CC(C)(C)c1cc(Br)cc(C(NC(=O)CCC(O)c2cc(O)cc(NC3=NCC(O)CN3)c2)C(CC(O)c2[nH]c3ccccc3c2C=O)C(=O)O)c1. The Bertz CT molecular complexity index is 1970. The first-order valence-electron chi connectivity index (χ1n) is 16.9. The van der Waals surface area contributed by atoms with Crippen LogP contribution in [-0.2, 0) is 15.0 Å². The Morgan fingerprint density at radius 3 is 2.48 bits per heavy atom. The molecule has 0 radical (unpaired) electrons. The molecule has 0 saturated heterocycles. The van der Waals surface area contributed by atoms with Crippen molar-refractivity contribution in [2.24, 2.45) is 10.9 Å². The van der Waals surface area contributed by atoms with Crippen LogP contribution in [0.3, 0.4) is 0 Å². The number of aliphatic hydroxyl groups excluding tert-OH is 3. The number of rotatable bonds is 13. The monoisotopic (exact) mass is 777 g/mol. The molecule has 5 atom stereocenters. The molecule has 276 valence electrons. The van der Waals surface area contributed by atoms with Crippen molar-refractivity contribution in [1.82, 2.24) is 15.6 Å². The number of carbonyl (C=O) groups excluding carboxylic acids is 2. The Labute approximate surface area is 309 Å². The molecule has 5 unspecified atom stereocenters. The molecule has 0 saturated carbocycles. The van der Waals surface area contributed by atoms with Crippen molar-refractivity contribution < 1.29 is 39.9 Å². The number of carboxylic acids is 1. The number of aldehydes is 1. The van der Waals surface area contributed by atoms with E-state index < -0.39 is 42.1 Å². The van der Waals surface area contributed by atoms with Gasteiger partial charge in [0.05, 0.1) is 42.5 Å². The van der Waals surface area contributed by atoms with E-state index in [1.165, 1.54) is 12.1 Å². The summed E-state index contributed by atoms with van der Waals surface area (Å²) in [5.41, 5.74) is 2.85. The van der Waals surface area contributed by atoms with Crippen molar-refractivity contribution >= 4 is 56.6 Å². The molecule has 0 bridgehead atoms. The van der Waals surface area contributed by atoms with E-state index in [0.717, 1.165) is 5.56 Å². The number of aromatic hydroxyl groups is 1. The summed E-state index contributed by atoms with van der Waals surface area (Å²) < 4.78 is 0.673. The maximum atomic E-state index is 13.6. The second kappa shape index (κ2) is 16.3. The molecule has 0 spiro atoms. The second-order valence-electron chi connectivity index (χ2n) is 14.1. The highest BCUT2D eigenvalue weighted by molar-refractivity contribution is 9.10. The van der Waals surface area contributed by atoms with Crippen LogP contribution in [0.1, 0.15) is 91.0 Å². The highest BCUT2D eigenvalue weighted by Crippen LogP contribution is 2.37. The predicted molar refractivity (Wildman–Crippen MR) is 200 cm³/mol. The number of fused-ring (bicyclic) bond motifs is 1. The third kappa shape index (κ3) is 9.36. The molecular formula is C38H44BrN5O8. The maximum absolute atomic E-state index is 13.6. The number of aliphatic carboxylic acids is 1. The highest BCUT2D eigenvalue weighted by Gasteiger charge is 2.35. The van der Waals surface area contributed by atoms with Gasteiger partial charge in [-0.15, -0.1) is 0 Å². The van der Waals surface area contributed by atoms with Gasteiger partial charge in [-0.25, -0.2) is 0 Å². The number of aliphatic hydroxyl groups is 3. The van der Waals surface area contributed by atoms with Crippen molar-refractivity contribution in [3.63, 3.8) is 0 Å². The number of halogens is 1. The summed E-state index contributed by atoms with van der Waals surface area (Å²) in [6, 6.07) is 15.8. The third-order valence-electron chi connectivity index (χ3n) is 9.08. The number of para-hydroxylation sites is 1. The molecule has 9 N–H and O–H groups in total. The Hall–Kier alpha value is -4.76. The number of phenols is 1. The van der Waals surface area contributed by atoms with Gasteiger partial charge in [0.2, 0.25) is 5.91 Å². The molecule has 52 heavy (non-hydrogen) atoms. The third-order valence-corrected chi connectivity index (χ3v) is 9.54. The second-order valence-corrected chi connectivity index (χ2v) is 15.0. The number of hydrogen-bond acceptors (Lipinski definition) is 10. The molecule has 0 aliphatic carbocycles. The van der Waals surface area contributed by atoms with Crippen LogP contribution in [0.15, 0.2) is 70.1 Å². The van der Waals surface area contributed by atoms with Crippen molar-refractivity contribution in [1.29, 1.82) is 0 Å². The summed E-state index contributed by atoms with van der Waals surface area (Å²) in [6.45, 7) is 6.54. The quantitative estimate of drug-likeness (QED) is 0.0831. The van der Waals surface area contributed by atoms with E-state index in [9.17, 15) is 39.9 Å². The number of amides is 1. The average molecular weight is 779 g/mol. The predicted octanol–water partition coefficient (Wildman–Crippen LogP) is 4.97. The largest absolute Gasteiger partial charge is 0.508 e. The van der Waals surface area contributed by atoms with Gasteiger partial charge in [0.25, 0.3) is 0 Å². The Kier molecular flexibility index (Phi) is 12.0. The van der Waals surface area contributed by atoms with Gasteiger partial charge in [0.1, 0.15) is 5.75 Å². The van der Waals surface area contributed by atoms with Crippen molar-refractivity contribution in [2.75, 3.05) is 18.4 Å². The molecule has 1 aromatic heterocycles. The highest BCUT2D eigenvalue weighted by atomic mass is 79.9. The summed E-state index contributed by atoms with van der Waals surface area (Å²) in [5, 5.41) is 62.5. The lowest BCUT2D eigenvalue weighted by molar-refractivity contribution is -0.144. The lowest BCUT2D eigenvalue weighted by Gasteiger charge is -2.29. The molecule has 1 amide bonds. The van der Waals surface area contributed by atoms with Crippen LogP contribution in [0.4, 0.5) is 5.69 Å². The van der Waals surface area contributed by atoms with Crippen LogP contribution in [0.25, 0.3) is 10.9 Å². The van der Waals surface area contributed by atoms with Crippen molar-refractivity contribution in [3.8, 4) is 5.75 Å². The number of aromatic nitrogens is 1. The zero-order valence-electron chi connectivity index (χ0n) is 29.1. The van der Waals surface area contributed by atoms with Gasteiger partial charge in [-0.05, 0) is 65.3 Å². The lowest BCUT2D eigenvalue weighted by atomic mass is 9.82. The minimum atomic E-state index is -1.39. The molecule has 14 heteroatoms. The summed E-state index contributed by atoms with van der Waals surface area (Å²) >= 11 is 3.54. The maximum Gasteiger partial charge on any atom is 0.309 e. The topological polar surface area (TPSA) is 217 Å². The van der Waals surface area contributed by atoms with Crippen LogP contribution in [0.2, 0.25) is 0 Å². The summed E-state index contributed by atoms with van der Waals surface area (Å²) in [7, 11) is 0. The summed E-state index contributed by atoms with van der Waals surface area (Å²) in [4.78, 5) is 45.9. The molecule has 0 fully saturated rings. The molecule has 13 nitrogen and oxygen atoms in total. The standard InChI is InChI=1S/C38H44BrN5O8/c1-38(2,3)22-10-21(11-23(39)14-22)34(28(36(51)52)16-32(49)35-29(19-45)27-6-4-5-7-30(27)43-35)44-33(50)9-8-31(48)20-12-24(15-25(46)13-20)42-37-40-17-26(47)18-41-37/h4-7,10-15,19,26,28,31-32,34,43,46-49H,8-9,16-18H2,1-3H3,(H,44,50)(H,51,52)(H2,40,41,42). The number of carboxylic acid groups (broad SMARTS) is 1. The van der Waals surface area contributed by atoms with E-state index in [1.54, 1.807) is 36.4 Å². The number of nitrogens with one attached hydrogen (secondary N) is 4. The van der Waals surface area contributed by atoms with E-state index in [4.69, 9.17) is 0 Å². The Morgan fingerprint density at radius 2 is 1.81 bits per heavy atom. The van der Waals surface area contributed by atoms with E-state index >= 15 is 0 Å². The van der Waals surface area contributed by atoms with Gasteiger partial charge in [-0.3, -0.25) is 19.4 Å². The van der Waals surface area contributed by atoms with Crippen LogP contribution < -0.4 is 16.0 Å². The van der Waals surface area contributed by atoms with E-state index in [2.05, 4.69) is 41.9 Å². The van der Waals surface area contributed by atoms with Gasteiger partial charge < -0.3 is 46.5 Å². The zero-order chi connectivity index (χ0) is 37.7. The molecule has 1 aliphatic rings. The zero-order valence-corrected chi connectivity index (χ0v) is 30.6. The number of β-amino-alcohol motifs (C(OH)–C–C–N with tert-alkyl or cyclic N) is 1. The van der Waals surface area contributed by atoms with E-state index in [0.29, 0.717) is 51.0 Å². The summed E-state index contributed by atoms with van der Waals surface area (Å²) in [5.74, 6) is -2.88. The average Bonchev–Trinajstić information content (AvgIpc) is 3.47. The minimum Gasteiger partial charge on any atom is -0.508 e. The fourth-order valence-corrected chi connectivity index (χ4v) is 6.80. The van der Waals surface area contributed by atoms with Gasteiger partial charge in [-0.1, -0.05) is 61.0 Å². The van der Waals surface area contributed by atoms with E-state index in [1.807, 2.05) is 32.9 Å². The first-order valence-corrected chi connectivity index (χ1v) is 17.7. The van der Waals surface area contributed by atoms with Gasteiger partial charge in [0, 0.05) is 45.7 Å². The smallest absolute Gasteiger partial charge is 0.309 e. The van der Waals surface area contributed by atoms with Crippen molar-refractivity contribution in [3.05, 3.63) is 93.1 Å². The fourth-order valence-electron chi connectivity index (χ4n) is 6.28. The first-order chi connectivity index (χ1) is 24.6. The number of benzene rings is 3. The van der Waals surface area contributed by atoms with Crippen molar-refractivity contribution in [2.45, 2.75) is 69.8 Å². The molecule has 4 aromatic rings. The number of H-pyrrole nitrogens is 1. The molecule has 1 aliphatic heterocycles. The fraction of sp³-hybridized carbons (Fsp3) is 0.368. The van der Waals surface area contributed by atoms with E-state index in [-0.39, 0.29) is 48.2 Å². The molecule has 2 heterocycles. The van der Waals surface area contributed by atoms with Crippen LogP contribution >= 0.6 is 15.9 Å². The Balaban J connectivity index is 1.39. The minimum absolute atomic E-state index is 0.0588. The lowest BCUT2D eigenvalue weighted by Crippen LogP contribution is -2.42. The van der Waals surface area contributed by atoms with Gasteiger partial charge >= 0.3 is 5.97 Å². The van der Waals surface area contributed by atoms with Gasteiger partial charge in [0.15, 0.2) is 12.2 Å². The number of phenolic OH excluding ortho intramolecular Hbond substituents is 1. The summed E-state index contributed by atoms with van der Waals surface area (Å²) in [6.07, 6.45) is -3.14. The van der Waals surface area contributed by atoms with Crippen LogP contribution in [0, 0.1) is 5.92 Å². The normalized spacial score (nSPS) is 17.0. The molecule has 3 aromatic carbocycles. The first kappa shape index (κ1) is 38.5. The van der Waals surface area contributed by atoms with Gasteiger partial charge in [-0.2, -0.15) is 0 Å². The van der Waals surface area contributed by atoms with Crippen LogP contribution in [0.5, 0.6) is 5.75 Å². The number of nitrogens with zero attached hydrogens (tertiary/aromatic N) is 1. The molecule has 5 rings (SSSR count). The number of aromatic amines is 1. The Morgan fingerprint density at radius 1 is 1.06 bits per heavy atom. The number of guanidine groups is 1. The number of anilines is 1. The number of hydrogen-bond donors (Lipinski definition) is 9. The molecular weight excluding hydrogens is 734 g/mol. The van der Waals surface area contributed by atoms with Crippen LogP contribution in [-0.4, -0.2) is 73.8 Å².